The van der Waals surface area contributed by atoms with E-state index in [0.717, 1.165) is 12.2 Å². The van der Waals surface area contributed by atoms with Gasteiger partial charge in [-0.2, -0.15) is 5.10 Å². The van der Waals surface area contributed by atoms with Gasteiger partial charge in [-0.1, -0.05) is 0 Å². The molecule has 0 aliphatic rings. The molecule has 0 aliphatic carbocycles. The Morgan fingerprint density at radius 3 is 2.92 bits per heavy atom. The highest BCUT2D eigenvalue weighted by Crippen LogP contribution is 2.04. The number of hydrazone groups is 1. The van der Waals surface area contributed by atoms with Crippen LogP contribution < -0.4 is 0 Å². The SMILES string of the molecule is CCN(C)/N=C/c1ccc(O)cn1. The maximum atomic E-state index is 8.96. The van der Waals surface area contributed by atoms with Crippen molar-refractivity contribution < 1.29 is 5.11 Å². The molecular formula is C9H13N3O. The lowest BCUT2D eigenvalue weighted by atomic mass is 10.4. The Labute approximate surface area is 77.5 Å². The van der Waals surface area contributed by atoms with Gasteiger partial charge in [0.05, 0.1) is 18.1 Å². The molecule has 0 saturated carbocycles. The van der Waals surface area contributed by atoms with Gasteiger partial charge in [-0.25, -0.2) is 0 Å². The Hall–Kier alpha value is -1.58. The molecule has 0 amide bonds. The molecule has 0 fully saturated rings. The second-order valence-corrected chi connectivity index (χ2v) is 2.66. The highest BCUT2D eigenvalue weighted by Gasteiger charge is 1.90. The Bertz CT molecular complexity index is 281. The zero-order valence-electron chi connectivity index (χ0n) is 7.81. The average Bonchev–Trinajstić information content (AvgIpc) is 2.16. The van der Waals surface area contributed by atoms with Crippen LogP contribution >= 0.6 is 0 Å². The van der Waals surface area contributed by atoms with Crippen molar-refractivity contribution in [3.05, 3.63) is 24.0 Å². The lowest BCUT2D eigenvalue weighted by Gasteiger charge is -2.07. The minimum atomic E-state index is 0.168. The predicted molar refractivity (Wildman–Crippen MR) is 51.8 cm³/mol. The molecule has 70 valence electrons. The summed E-state index contributed by atoms with van der Waals surface area (Å²) in [6.07, 6.45) is 3.05. The van der Waals surface area contributed by atoms with Gasteiger partial charge in [-0.05, 0) is 19.1 Å². The van der Waals surface area contributed by atoms with Gasteiger partial charge in [-0.3, -0.25) is 4.98 Å². The average molecular weight is 179 g/mol. The largest absolute Gasteiger partial charge is 0.506 e. The molecule has 0 aromatic carbocycles. The van der Waals surface area contributed by atoms with Crippen LogP contribution in [-0.4, -0.2) is 34.9 Å². The first-order chi connectivity index (χ1) is 6.22. The summed E-state index contributed by atoms with van der Waals surface area (Å²) in [6, 6.07) is 3.29. The number of hydrogen-bond acceptors (Lipinski definition) is 4. The molecule has 1 aromatic heterocycles. The van der Waals surface area contributed by atoms with E-state index in [2.05, 4.69) is 10.1 Å². The van der Waals surface area contributed by atoms with Crippen LogP contribution in [0.15, 0.2) is 23.4 Å². The van der Waals surface area contributed by atoms with Crippen molar-refractivity contribution in [1.29, 1.82) is 0 Å². The molecule has 0 radical (unpaired) electrons. The van der Waals surface area contributed by atoms with Crippen LogP contribution in [0.25, 0.3) is 0 Å². The van der Waals surface area contributed by atoms with Gasteiger partial charge in [0.25, 0.3) is 0 Å². The van der Waals surface area contributed by atoms with Crippen molar-refractivity contribution in [1.82, 2.24) is 9.99 Å². The van der Waals surface area contributed by atoms with E-state index in [4.69, 9.17) is 5.11 Å². The summed E-state index contributed by atoms with van der Waals surface area (Å²) in [5.41, 5.74) is 0.734. The summed E-state index contributed by atoms with van der Waals surface area (Å²) in [5.74, 6) is 0.168. The molecule has 0 atom stereocenters. The van der Waals surface area contributed by atoms with Crippen LogP contribution in [0.4, 0.5) is 0 Å². The van der Waals surface area contributed by atoms with Crippen molar-refractivity contribution in [3.63, 3.8) is 0 Å². The third kappa shape index (κ3) is 3.11. The summed E-state index contributed by atoms with van der Waals surface area (Å²) >= 11 is 0. The first-order valence-electron chi connectivity index (χ1n) is 4.12. The van der Waals surface area contributed by atoms with E-state index < -0.39 is 0 Å². The fourth-order valence-corrected chi connectivity index (χ4v) is 0.713. The lowest BCUT2D eigenvalue weighted by Crippen LogP contribution is -2.09. The van der Waals surface area contributed by atoms with Gasteiger partial charge in [0.1, 0.15) is 5.75 Å². The summed E-state index contributed by atoms with van der Waals surface area (Å²) < 4.78 is 0. The number of pyridine rings is 1. The predicted octanol–water partition coefficient (Wildman–Crippen LogP) is 1.07. The van der Waals surface area contributed by atoms with E-state index in [1.807, 2.05) is 14.0 Å². The zero-order valence-corrected chi connectivity index (χ0v) is 7.81. The maximum Gasteiger partial charge on any atom is 0.133 e. The molecule has 0 saturated heterocycles. The van der Waals surface area contributed by atoms with Crippen LogP contribution in [-0.2, 0) is 0 Å². The van der Waals surface area contributed by atoms with E-state index in [0.29, 0.717) is 0 Å². The quantitative estimate of drug-likeness (QED) is 0.557. The number of aromatic hydroxyl groups is 1. The van der Waals surface area contributed by atoms with Crippen LogP contribution in [0, 0.1) is 0 Å². The molecule has 13 heavy (non-hydrogen) atoms. The molecule has 1 rings (SSSR count). The number of nitrogens with zero attached hydrogens (tertiary/aromatic N) is 3. The number of hydrogen-bond donors (Lipinski definition) is 1. The van der Waals surface area contributed by atoms with Crippen molar-refractivity contribution in [2.45, 2.75) is 6.92 Å². The molecule has 0 aliphatic heterocycles. The van der Waals surface area contributed by atoms with E-state index in [9.17, 15) is 0 Å². The Balaban J connectivity index is 2.64. The molecule has 0 bridgehead atoms. The van der Waals surface area contributed by atoms with Gasteiger partial charge < -0.3 is 10.1 Å². The second-order valence-electron chi connectivity index (χ2n) is 2.66. The fourth-order valence-electron chi connectivity index (χ4n) is 0.713. The maximum absolute atomic E-state index is 8.96. The molecule has 0 spiro atoms. The van der Waals surface area contributed by atoms with Crippen molar-refractivity contribution in [2.75, 3.05) is 13.6 Å². The van der Waals surface area contributed by atoms with Crippen molar-refractivity contribution in [2.24, 2.45) is 5.10 Å². The van der Waals surface area contributed by atoms with Crippen LogP contribution in [0.1, 0.15) is 12.6 Å². The Kier molecular flexibility index (Phi) is 3.25. The Morgan fingerprint density at radius 2 is 2.38 bits per heavy atom. The van der Waals surface area contributed by atoms with Crippen molar-refractivity contribution >= 4 is 6.21 Å². The van der Waals surface area contributed by atoms with Gasteiger partial charge in [0.15, 0.2) is 0 Å². The molecule has 0 unspecified atom stereocenters. The van der Waals surface area contributed by atoms with E-state index in [-0.39, 0.29) is 5.75 Å². The van der Waals surface area contributed by atoms with E-state index >= 15 is 0 Å². The number of rotatable bonds is 3. The molecular weight excluding hydrogens is 166 g/mol. The first kappa shape index (κ1) is 9.51. The Morgan fingerprint density at radius 1 is 1.62 bits per heavy atom. The molecule has 4 nitrogen and oxygen atoms in total. The molecule has 4 heteroatoms. The lowest BCUT2D eigenvalue weighted by molar-refractivity contribution is 0.377. The minimum absolute atomic E-state index is 0.168. The third-order valence-electron chi connectivity index (χ3n) is 1.62. The van der Waals surface area contributed by atoms with E-state index in [1.165, 1.54) is 6.20 Å². The second kappa shape index (κ2) is 4.45. The zero-order chi connectivity index (χ0) is 9.68. The van der Waals surface area contributed by atoms with E-state index in [1.54, 1.807) is 23.4 Å². The van der Waals surface area contributed by atoms with Gasteiger partial charge in [-0.15, -0.1) is 0 Å². The normalized spacial score (nSPS) is 10.6. The first-order valence-corrected chi connectivity index (χ1v) is 4.12. The monoisotopic (exact) mass is 179 g/mol. The summed E-state index contributed by atoms with van der Waals surface area (Å²) in [7, 11) is 1.89. The molecule has 1 heterocycles. The van der Waals surface area contributed by atoms with Gasteiger partial charge in [0, 0.05) is 13.6 Å². The van der Waals surface area contributed by atoms with Gasteiger partial charge >= 0.3 is 0 Å². The van der Waals surface area contributed by atoms with Gasteiger partial charge in [0.2, 0.25) is 0 Å². The summed E-state index contributed by atoms with van der Waals surface area (Å²) in [5, 5.41) is 14.9. The third-order valence-corrected chi connectivity index (χ3v) is 1.62. The smallest absolute Gasteiger partial charge is 0.133 e. The fraction of sp³-hybridized carbons (Fsp3) is 0.333. The van der Waals surface area contributed by atoms with Crippen LogP contribution in [0.5, 0.6) is 5.75 Å². The van der Waals surface area contributed by atoms with Crippen molar-refractivity contribution in [3.8, 4) is 5.75 Å². The number of aromatic nitrogens is 1. The minimum Gasteiger partial charge on any atom is -0.506 e. The highest BCUT2D eigenvalue weighted by molar-refractivity contribution is 5.76. The highest BCUT2D eigenvalue weighted by atomic mass is 16.3. The molecule has 1 aromatic rings. The van der Waals surface area contributed by atoms with Crippen LogP contribution in [0.3, 0.4) is 0 Å². The summed E-state index contributed by atoms with van der Waals surface area (Å²) in [4.78, 5) is 3.96. The summed E-state index contributed by atoms with van der Waals surface area (Å²) in [6.45, 7) is 2.87. The molecule has 1 N–H and O–H groups in total. The topological polar surface area (TPSA) is 48.7 Å². The van der Waals surface area contributed by atoms with Crippen LogP contribution in [0.2, 0.25) is 0 Å². The standard InChI is InChI=1S/C9H13N3O/c1-3-12(2)11-6-8-4-5-9(13)7-10-8/h4-7,13H,3H2,1-2H3/b11-6+.